The molecule has 0 aromatic rings. The molecule has 0 heterocycles. The van der Waals surface area contributed by atoms with Gasteiger partial charge in [-0.2, -0.15) is 0 Å². The number of hydrogen-bond donors (Lipinski definition) is 1. The highest BCUT2D eigenvalue weighted by atomic mass is 31.2. The summed E-state index contributed by atoms with van der Waals surface area (Å²) in [7, 11) is -4.26. The van der Waals surface area contributed by atoms with E-state index in [2.05, 4.69) is 26.0 Å². The normalized spacial score (nSPS) is 13.8. The largest absolute Gasteiger partial charge is 0.472 e. The lowest BCUT2D eigenvalue weighted by Crippen LogP contribution is -2.29. The smallest absolute Gasteiger partial charge is 0.462 e. The molecule has 2 unspecified atom stereocenters. The fourth-order valence-corrected chi connectivity index (χ4v) is 5.15. The maximum atomic E-state index is 12.4. The van der Waals surface area contributed by atoms with Gasteiger partial charge in [0.1, 0.15) is 6.61 Å². The molecule has 242 valence electrons. The molecule has 1 N–H and O–H groups in total. The van der Waals surface area contributed by atoms with Gasteiger partial charge in [0.15, 0.2) is 6.10 Å². The molecule has 9 heteroatoms. The van der Waals surface area contributed by atoms with Crippen LogP contribution in [-0.2, 0) is 32.7 Å². The number of carbonyl (C=O) groups is 2. The molecular weight excluding hydrogens is 543 g/mol. The molecule has 0 saturated heterocycles. The van der Waals surface area contributed by atoms with Gasteiger partial charge in [-0.1, -0.05) is 116 Å². The Balaban J connectivity index is 4.23. The lowest BCUT2D eigenvalue weighted by molar-refractivity contribution is -0.161. The Morgan fingerprint density at radius 2 is 1.15 bits per heavy atom. The minimum absolute atomic E-state index is 0.00119. The van der Waals surface area contributed by atoms with Crippen LogP contribution in [0.2, 0.25) is 0 Å². The van der Waals surface area contributed by atoms with Crippen LogP contribution in [0.25, 0.3) is 0 Å². The Morgan fingerprint density at radius 3 is 1.71 bits per heavy atom. The Hall–Kier alpha value is -1.21. The Bertz CT molecular complexity index is 697. The van der Waals surface area contributed by atoms with Crippen molar-refractivity contribution in [2.24, 2.45) is 0 Å². The zero-order chi connectivity index (χ0) is 30.4. The number of rotatable bonds is 30. The van der Waals surface area contributed by atoms with Crippen LogP contribution in [0.1, 0.15) is 156 Å². The number of phosphoric ester groups is 1. The van der Waals surface area contributed by atoms with Crippen molar-refractivity contribution in [1.82, 2.24) is 0 Å². The first kappa shape index (κ1) is 39.8. The number of esters is 2. The van der Waals surface area contributed by atoms with Gasteiger partial charge in [-0.05, 0) is 39.0 Å². The molecule has 0 rings (SSSR count). The third-order valence-electron chi connectivity index (χ3n) is 6.80. The fraction of sp³-hybridized carbons (Fsp3) is 0.875. The van der Waals surface area contributed by atoms with Crippen molar-refractivity contribution in [3.63, 3.8) is 0 Å². The number of phosphoric acid groups is 1. The van der Waals surface area contributed by atoms with Crippen molar-refractivity contribution in [3.05, 3.63) is 12.2 Å². The third-order valence-corrected chi connectivity index (χ3v) is 7.86. The summed E-state index contributed by atoms with van der Waals surface area (Å²) in [5.41, 5.74) is 0. The molecule has 0 bridgehead atoms. The number of hydrogen-bond acceptors (Lipinski definition) is 7. The summed E-state index contributed by atoms with van der Waals surface area (Å²) in [5, 5.41) is 0. The van der Waals surface area contributed by atoms with Crippen molar-refractivity contribution >= 4 is 19.8 Å². The van der Waals surface area contributed by atoms with Crippen LogP contribution in [0.4, 0.5) is 0 Å². The van der Waals surface area contributed by atoms with Crippen molar-refractivity contribution < 1.29 is 37.6 Å². The van der Waals surface area contributed by atoms with Gasteiger partial charge in [0.25, 0.3) is 0 Å². The molecular formula is C32H61O8P. The predicted molar refractivity (Wildman–Crippen MR) is 166 cm³/mol. The van der Waals surface area contributed by atoms with Crippen molar-refractivity contribution in [2.75, 3.05) is 19.8 Å². The lowest BCUT2D eigenvalue weighted by Gasteiger charge is -2.19. The van der Waals surface area contributed by atoms with Crippen LogP contribution in [0.5, 0.6) is 0 Å². The lowest BCUT2D eigenvalue weighted by atomic mass is 10.1. The van der Waals surface area contributed by atoms with Crippen LogP contribution in [0, 0.1) is 0 Å². The highest BCUT2D eigenvalue weighted by molar-refractivity contribution is 7.47. The summed E-state index contributed by atoms with van der Waals surface area (Å²) in [6.07, 6.45) is 25.6. The first-order valence-electron chi connectivity index (χ1n) is 16.5. The Labute approximate surface area is 250 Å². The number of carbonyl (C=O) groups excluding carboxylic acids is 2. The van der Waals surface area contributed by atoms with E-state index in [-0.39, 0.29) is 25.6 Å². The van der Waals surface area contributed by atoms with Gasteiger partial charge in [-0.15, -0.1) is 0 Å². The standard InChI is InChI=1S/C32H61O8P/c1-4-7-9-11-13-15-17-19-20-22-24-26-31(33)37-28-30(29-39-41(35,36)38-6-3)40-32(34)27-25-23-21-18-16-14-12-10-8-5-2/h10,12,30H,4-9,11,13-29H2,1-3H3,(H,35,36)/b12-10-. The Kier molecular flexibility index (Phi) is 28.0. The first-order valence-corrected chi connectivity index (χ1v) is 18.0. The molecule has 0 fully saturated rings. The van der Waals surface area contributed by atoms with E-state index in [4.69, 9.17) is 18.5 Å². The van der Waals surface area contributed by atoms with Crippen molar-refractivity contribution in [1.29, 1.82) is 0 Å². The van der Waals surface area contributed by atoms with Crippen LogP contribution in [-0.4, -0.2) is 42.8 Å². The minimum Gasteiger partial charge on any atom is -0.462 e. The molecule has 0 aromatic heterocycles. The van der Waals surface area contributed by atoms with E-state index in [1.165, 1.54) is 57.8 Å². The number of unbranched alkanes of at least 4 members (excludes halogenated alkanes) is 16. The maximum absolute atomic E-state index is 12.4. The van der Waals surface area contributed by atoms with E-state index < -0.39 is 26.5 Å². The summed E-state index contributed by atoms with van der Waals surface area (Å²) in [5.74, 6) is -0.810. The molecule has 0 aliphatic rings. The van der Waals surface area contributed by atoms with E-state index in [0.29, 0.717) is 12.8 Å². The third kappa shape index (κ3) is 28.7. The van der Waals surface area contributed by atoms with Crippen LogP contribution in [0.15, 0.2) is 12.2 Å². The van der Waals surface area contributed by atoms with E-state index in [9.17, 15) is 19.0 Å². The van der Waals surface area contributed by atoms with E-state index in [0.717, 1.165) is 57.8 Å². The summed E-state index contributed by atoms with van der Waals surface area (Å²) >= 11 is 0. The van der Waals surface area contributed by atoms with E-state index in [1.807, 2.05) is 0 Å². The zero-order valence-corrected chi connectivity index (χ0v) is 27.3. The average Bonchev–Trinajstić information content (AvgIpc) is 2.94. The van der Waals surface area contributed by atoms with Gasteiger partial charge < -0.3 is 14.4 Å². The molecule has 8 nitrogen and oxygen atoms in total. The van der Waals surface area contributed by atoms with Gasteiger partial charge in [-0.25, -0.2) is 4.57 Å². The molecule has 0 radical (unpaired) electrons. The molecule has 2 atom stereocenters. The highest BCUT2D eigenvalue weighted by Crippen LogP contribution is 2.43. The molecule has 0 aromatic carbocycles. The molecule has 0 saturated carbocycles. The summed E-state index contributed by atoms with van der Waals surface area (Å²) in [6, 6.07) is 0. The van der Waals surface area contributed by atoms with Crippen molar-refractivity contribution in [3.8, 4) is 0 Å². The maximum Gasteiger partial charge on any atom is 0.472 e. The molecule has 0 spiro atoms. The monoisotopic (exact) mass is 604 g/mol. The first-order chi connectivity index (χ1) is 19.8. The topological polar surface area (TPSA) is 108 Å². The van der Waals surface area contributed by atoms with E-state index >= 15 is 0 Å². The summed E-state index contributed by atoms with van der Waals surface area (Å²) in [6.45, 7) is 5.36. The average molecular weight is 605 g/mol. The van der Waals surface area contributed by atoms with Crippen molar-refractivity contribution in [2.45, 2.75) is 162 Å². The molecule has 0 aliphatic heterocycles. The predicted octanol–water partition coefficient (Wildman–Crippen LogP) is 9.38. The quantitative estimate of drug-likeness (QED) is 0.0374. The number of ether oxygens (including phenoxy) is 2. The van der Waals surface area contributed by atoms with Crippen LogP contribution < -0.4 is 0 Å². The SMILES string of the molecule is CCC/C=C\CCCCCCCC(=O)OC(COC(=O)CCCCCCCCCCCCC)COP(=O)(O)OCC. The summed E-state index contributed by atoms with van der Waals surface area (Å²) < 4.78 is 32.3. The van der Waals surface area contributed by atoms with Gasteiger partial charge >= 0.3 is 19.8 Å². The molecule has 0 amide bonds. The van der Waals surface area contributed by atoms with Gasteiger partial charge in [0, 0.05) is 12.8 Å². The van der Waals surface area contributed by atoms with Gasteiger partial charge in [0.05, 0.1) is 13.2 Å². The zero-order valence-electron chi connectivity index (χ0n) is 26.5. The number of allylic oxidation sites excluding steroid dienone is 2. The van der Waals surface area contributed by atoms with Crippen LogP contribution >= 0.6 is 7.82 Å². The second kappa shape index (κ2) is 28.9. The second-order valence-electron chi connectivity index (χ2n) is 10.8. The molecule has 0 aliphatic carbocycles. The summed E-state index contributed by atoms with van der Waals surface area (Å²) in [4.78, 5) is 34.3. The Morgan fingerprint density at radius 1 is 0.634 bits per heavy atom. The van der Waals surface area contributed by atoms with Gasteiger partial charge in [0.2, 0.25) is 0 Å². The second-order valence-corrected chi connectivity index (χ2v) is 12.3. The fourth-order valence-electron chi connectivity index (χ4n) is 4.39. The minimum atomic E-state index is -4.26. The van der Waals surface area contributed by atoms with Gasteiger partial charge in [-0.3, -0.25) is 18.6 Å². The highest BCUT2D eigenvalue weighted by Gasteiger charge is 2.25. The van der Waals surface area contributed by atoms with E-state index in [1.54, 1.807) is 6.92 Å². The van der Waals surface area contributed by atoms with Crippen LogP contribution in [0.3, 0.4) is 0 Å². The molecule has 41 heavy (non-hydrogen) atoms.